The second kappa shape index (κ2) is 5.29. The predicted octanol–water partition coefficient (Wildman–Crippen LogP) is 3.04. The molecule has 1 saturated heterocycles. The molecule has 2 atom stereocenters. The second-order valence-electron chi connectivity index (χ2n) is 5.02. The summed E-state index contributed by atoms with van der Waals surface area (Å²) in [6.07, 6.45) is 6.53. The van der Waals surface area contributed by atoms with Gasteiger partial charge in [0.05, 0.1) is 11.7 Å². The molecule has 0 saturated carbocycles. The van der Waals surface area contributed by atoms with Crippen molar-refractivity contribution in [1.29, 1.82) is 0 Å². The number of rotatable bonds is 3. The smallest absolute Gasteiger partial charge is 0.110 e. The summed E-state index contributed by atoms with van der Waals surface area (Å²) in [6.45, 7) is 0. The van der Waals surface area contributed by atoms with Crippen LogP contribution in [-0.4, -0.2) is 23.5 Å². The normalized spacial score (nSPS) is 25.8. The van der Waals surface area contributed by atoms with Gasteiger partial charge in [0, 0.05) is 4.88 Å². The van der Waals surface area contributed by atoms with E-state index >= 15 is 0 Å². The molecule has 1 aromatic rings. The quantitative estimate of drug-likeness (QED) is 0.912. The van der Waals surface area contributed by atoms with Gasteiger partial charge in [-0.05, 0) is 56.6 Å². The van der Waals surface area contributed by atoms with Gasteiger partial charge in [-0.2, -0.15) is 11.8 Å². The molecule has 2 unspecified atom stereocenters. The van der Waals surface area contributed by atoms with Crippen LogP contribution in [0.1, 0.15) is 40.9 Å². The van der Waals surface area contributed by atoms with E-state index < -0.39 is 0 Å². The van der Waals surface area contributed by atoms with E-state index in [1.165, 1.54) is 54.3 Å². The highest BCUT2D eigenvalue weighted by Gasteiger charge is 2.28. The summed E-state index contributed by atoms with van der Waals surface area (Å²) in [6, 6.07) is 0.499. The average Bonchev–Trinajstić information content (AvgIpc) is 2.92. The molecule has 1 aliphatic carbocycles. The van der Waals surface area contributed by atoms with Crippen molar-refractivity contribution in [2.75, 3.05) is 18.6 Å². The number of fused-ring (bicyclic) bond motifs is 1. The van der Waals surface area contributed by atoms with Gasteiger partial charge >= 0.3 is 0 Å². The third kappa shape index (κ3) is 2.40. The van der Waals surface area contributed by atoms with Gasteiger partial charge in [-0.15, -0.1) is 11.3 Å². The van der Waals surface area contributed by atoms with Gasteiger partial charge in [0.1, 0.15) is 5.01 Å². The number of thiazole rings is 1. The van der Waals surface area contributed by atoms with Gasteiger partial charge in [-0.3, -0.25) is 0 Å². The summed E-state index contributed by atoms with van der Waals surface area (Å²) < 4.78 is 0. The van der Waals surface area contributed by atoms with Gasteiger partial charge in [-0.1, -0.05) is 0 Å². The Balaban J connectivity index is 1.78. The number of nitrogens with one attached hydrogen (secondary N) is 1. The van der Waals surface area contributed by atoms with E-state index in [1.54, 1.807) is 4.88 Å². The highest BCUT2D eigenvalue weighted by molar-refractivity contribution is 7.99. The molecular weight excluding hydrogens is 248 g/mol. The van der Waals surface area contributed by atoms with Crippen LogP contribution in [0.15, 0.2) is 0 Å². The molecule has 1 aliphatic heterocycles. The van der Waals surface area contributed by atoms with Crippen molar-refractivity contribution in [3.8, 4) is 0 Å². The number of nitrogens with zero attached hydrogens (tertiary/aromatic N) is 1. The molecule has 0 bridgehead atoms. The molecular formula is C13H20N2S2. The molecule has 2 aliphatic rings. The highest BCUT2D eigenvalue weighted by Crippen LogP contribution is 2.37. The van der Waals surface area contributed by atoms with Crippen LogP contribution < -0.4 is 5.32 Å². The first-order valence-electron chi connectivity index (χ1n) is 6.62. The average molecular weight is 268 g/mol. The summed E-state index contributed by atoms with van der Waals surface area (Å²) in [4.78, 5) is 6.44. The minimum atomic E-state index is 0.499. The number of hydrogen-bond acceptors (Lipinski definition) is 4. The molecule has 0 amide bonds. The summed E-state index contributed by atoms with van der Waals surface area (Å²) in [5.74, 6) is 3.43. The van der Waals surface area contributed by atoms with Crippen molar-refractivity contribution < 1.29 is 0 Å². The first-order chi connectivity index (χ1) is 8.38. The first kappa shape index (κ1) is 12.0. The maximum Gasteiger partial charge on any atom is 0.110 e. The van der Waals surface area contributed by atoms with Crippen LogP contribution in [0.3, 0.4) is 0 Å². The zero-order valence-corrected chi connectivity index (χ0v) is 12.0. The monoisotopic (exact) mass is 268 g/mol. The van der Waals surface area contributed by atoms with Crippen LogP contribution >= 0.6 is 23.1 Å². The molecule has 2 nitrogen and oxygen atoms in total. The maximum absolute atomic E-state index is 4.88. The van der Waals surface area contributed by atoms with Crippen LogP contribution in [0.4, 0.5) is 0 Å². The number of hydrogen-bond donors (Lipinski definition) is 1. The van der Waals surface area contributed by atoms with E-state index in [4.69, 9.17) is 4.98 Å². The van der Waals surface area contributed by atoms with Crippen molar-refractivity contribution in [3.63, 3.8) is 0 Å². The van der Waals surface area contributed by atoms with Crippen molar-refractivity contribution >= 4 is 23.1 Å². The Morgan fingerprint density at radius 1 is 1.35 bits per heavy atom. The molecule has 0 spiro atoms. The summed E-state index contributed by atoms with van der Waals surface area (Å²) in [5.41, 5.74) is 1.40. The molecule has 94 valence electrons. The van der Waals surface area contributed by atoms with Gasteiger partial charge in [-0.25, -0.2) is 4.98 Å². The van der Waals surface area contributed by atoms with Crippen LogP contribution in [0.5, 0.6) is 0 Å². The van der Waals surface area contributed by atoms with E-state index in [-0.39, 0.29) is 0 Å². The fourth-order valence-electron chi connectivity index (χ4n) is 2.93. The Bertz CT molecular complexity index is 361. The summed E-state index contributed by atoms with van der Waals surface area (Å²) in [5, 5.41) is 4.86. The fraction of sp³-hybridized carbons (Fsp3) is 0.769. The van der Waals surface area contributed by atoms with E-state index in [2.05, 4.69) is 24.1 Å². The van der Waals surface area contributed by atoms with Crippen LogP contribution in [0.25, 0.3) is 0 Å². The standard InChI is InChI=1S/C13H20N2S2/c1-14-12(9-4-3-7-16-8-9)13-15-10-5-2-6-11(10)17-13/h9,12,14H,2-8H2,1H3. The van der Waals surface area contributed by atoms with Gasteiger partial charge in [0.2, 0.25) is 0 Å². The zero-order chi connectivity index (χ0) is 11.7. The minimum absolute atomic E-state index is 0.499. The molecule has 0 radical (unpaired) electrons. The van der Waals surface area contributed by atoms with Crippen LogP contribution in [0, 0.1) is 5.92 Å². The Morgan fingerprint density at radius 3 is 3.00 bits per heavy atom. The predicted molar refractivity (Wildman–Crippen MR) is 76.0 cm³/mol. The van der Waals surface area contributed by atoms with E-state index in [9.17, 15) is 0 Å². The van der Waals surface area contributed by atoms with E-state index in [0.29, 0.717) is 6.04 Å². The zero-order valence-electron chi connectivity index (χ0n) is 10.4. The molecule has 1 aromatic heterocycles. The van der Waals surface area contributed by atoms with Crippen molar-refractivity contribution in [3.05, 3.63) is 15.6 Å². The molecule has 0 aromatic carbocycles. The Labute approximate surface area is 112 Å². The van der Waals surface area contributed by atoms with Gasteiger partial charge in [0.25, 0.3) is 0 Å². The Kier molecular flexibility index (Phi) is 3.73. The summed E-state index contributed by atoms with van der Waals surface area (Å²) in [7, 11) is 2.09. The van der Waals surface area contributed by atoms with Crippen LogP contribution in [0.2, 0.25) is 0 Å². The molecule has 1 fully saturated rings. The number of aryl methyl sites for hydroxylation is 2. The lowest BCUT2D eigenvalue weighted by Crippen LogP contribution is -2.28. The number of aromatic nitrogens is 1. The lowest BCUT2D eigenvalue weighted by molar-refractivity contribution is 0.383. The Morgan fingerprint density at radius 2 is 2.29 bits per heavy atom. The van der Waals surface area contributed by atoms with Crippen LogP contribution in [-0.2, 0) is 12.8 Å². The van der Waals surface area contributed by atoms with Gasteiger partial charge < -0.3 is 5.32 Å². The Hall–Kier alpha value is -0.0600. The minimum Gasteiger partial charge on any atom is -0.311 e. The molecule has 4 heteroatoms. The van der Waals surface area contributed by atoms with Crippen molar-refractivity contribution in [1.82, 2.24) is 10.3 Å². The second-order valence-corrected chi connectivity index (χ2v) is 7.28. The fourth-order valence-corrected chi connectivity index (χ4v) is 5.49. The topological polar surface area (TPSA) is 24.9 Å². The SMILES string of the molecule is CNC(c1nc2c(s1)CCC2)C1CCCSC1. The first-order valence-corrected chi connectivity index (χ1v) is 8.59. The van der Waals surface area contributed by atoms with E-state index in [0.717, 1.165) is 5.92 Å². The largest absolute Gasteiger partial charge is 0.311 e. The van der Waals surface area contributed by atoms with Gasteiger partial charge in [0.15, 0.2) is 0 Å². The summed E-state index contributed by atoms with van der Waals surface area (Å²) >= 11 is 4.07. The lowest BCUT2D eigenvalue weighted by Gasteiger charge is -2.28. The van der Waals surface area contributed by atoms with Crippen molar-refractivity contribution in [2.24, 2.45) is 5.92 Å². The van der Waals surface area contributed by atoms with Crippen molar-refractivity contribution in [2.45, 2.75) is 38.1 Å². The number of thioether (sulfide) groups is 1. The lowest BCUT2D eigenvalue weighted by atomic mass is 9.97. The molecule has 1 N–H and O–H groups in total. The maximum atomic E-state index is 4.88. The molecule has 2 heterocycles. The molecule has 3 rings (SSSR count). The van der Waals surface area contributed by atoms with E-state index in [1.807, 2.05) is 11.3 Å². The third-order valence-corrected chi connectivity index (χ3v) is 6.34. The third-order valence-electron chi connectivity index (χ3n) is 3.86. The highest BCUT2D eigenvalue weighted by atomic mass is 32.2. The molecule has 17 heavy (non-hydrogen) atoms.